The summed E-state index contributed by atoms with van der Waals surface area (Å²) in [7, 11) is 0. The largest absolute Gasteiger partial charge is 0.481 e. The molecule has 1 aromatic carbocycles. The number of rotatable bonds is 3. The summed E-state index contributed by atoms with van der Waals surface area (Å²) in [5.74, 6) is -0.0892. The Kier molecular flexibility index (Phi) is 3.74. The monoisotopic (exact) mass is 246 g/mol. The minimum Gasteiger partial charge on any atom is -0.481 e. The average molecular weight is 246 g/mol. The van der Waals surface area contributed by atoms with Crippen molar-refractivity contribution in [1.82, 2.24) is 0 Å². The van der Waals surface area contributed by atoms with Crippen LogP contribution in [0, 0.1) is 0 Å². The second-order valence-electron chi connectivity index (χ2n) is 5.89. The smallest absolute Gasteiger partial charge is 0.313 e. The van der Waals surface area contributed by atoms with Crippen LogP contribution in [0.1, 0.15) is 63.0 Å². The van der Waals surface area contributed by atoms with E-state index < -0.39 is 11.4 Å². The highest BCUT2D eigenvalue weighted by molar-refractivity contribution is 5.80. The minimum atomic E-state index is -0.801. The molecular weight excluding hydrogens is 224 g/mol. The molecule has 18 heavy (non-hydrogen) atoms. The third-order valence-corrected chi connectivity index (χ3v) is 4.24. The second-order valence-corrected chi connectivity index (χ2v) is 5.89. The van der Waals surface area contributed by atoms with E-state index in [-0.39, 0.29) is 0 Å². The van der Waals surface area contributed by atoms with Crippen molar-refractivity contribution in [1.29, 1.82) is 0 Å². The van der Waals surface area contributed by atoms with Crippen molar-refractivity contribution in [2.24, 2.45) is 0 Å². The number of aliphatic carboxylic acids is 1. The quantitative estimate of drug-likeness (QED) is 0.872. The number of hydrogen-bond acceptors (Lipinski definition) is 1. The highest BCUT2D eigenvalue weighted by Gasteiger charge is 2.29. The number of benzene rings is 1. The summed E-state index contributed by atoms with van der Waals surface area (Å²) in [5, 5.41) is 9.21. The van der Waals surface area contributed by atoms with Crippen LogP contribution in [0.2, 0.25) is 0 Å². The Hall–Kier alpha value is -1.31. The van der Waals surface area contributed by atoms with E-state index in [0.29, 0.717) is 5.92 Å². The van der Waals surface area contributed by atoms with Crippen molar-refractivity contribution in [3.8, 4) is 0 Å². The van der Waals surface area contributed by atoms with Crippen molar-refractivity contribution in [3.63, 3.8) is 0 Å². The summed E-state index contributed by atoms with van der Waals surface area (Å²) in [6, 6.07) is 8.21. The highest BCUT2D eigenvalue weighted by Crippen LogP contribution is 2.33. The number of carboxylic acids is 1. The van der Waals surface area contributed by atoms with Gasteiger partial charge in [-0.1, -0.05) is 43.5 Å². The Morgan fingerprint density at radius 2 is 1.67 bits per heavy atom. The molecule has 0 spiro atoms. The zero-order valence-corrected chi connectivity index (χ0v) is 11.3. The first kappa shape index (κ1) is 13.1. The van der Waals surface area contributed by atoms with Gasteiger partial charge in [-0.15, -0.1) is 0 Å². The standard InChI is InChI=1S/C16H22O2/c1-16(2,15(17)18)14-10-8-13(9-11-14)12-6-4-3-5-7-12/h8-12H,3-7H2,1-2H3,(H,17,18). The number of hydrogen-bond donors (Lipinski definition) is 1. The van der Waals surface area contributed by atoms with Gasteiger partial charge in [0.05, 0.1) is 5.41 Å². The Morgan fingerprint density at radius 3 is 2.17 bits per heavy atom. The molecule has 0 aromatic heterocycles. The lowest BCUT2D eigenvalue weighted by molar-refractivity contribution is -0.142. The fourth-order valence-corrected chi connectivity index (χ4v) is 2.73. The Labute approximate surface area is 109 Å². The summed E-state index contributed by atoms with van der Waals surface area (Å²) in [6.45, 7) is 3.51. The molecule has 1 aliphatic rings. The molecule has 0 unspecified atom stereocenters. The van der Waals surface area contributed by atoms with Crippen molar-refractivity contribution in [2.45, 2.75) is 57.3 Å². The van der Waals surface area contributed by atoms with Crippen LogP contribution in [0.5, 0.6) is 0 Å². The van der Waals surface area contributed by atoms with E-state index in [1.54, 1.807) is 13.8 Å². The van der Waals surface area contributed by atoms with Gasteiger partial charge in [0, 0.05) is 0 Å². The molecule has 1 aliphatic carbocycles. The van der Waals surface area contributed by atoms with E-state index in [9.17, 15) is 9.90 Å². The molecule has 1 aromatic rings. The summed E-state index contributed by atoms with van der Waals surface area (Å²) < 4.78 is 0. The van der Waals surface area contributed by atoms with Crippen molar-refractivity contribution in [2.75, 3.05) is 0 Å². The molecule has 2 rings (SSSR count). The molecule has 0 amide bonds. The minimum absolute atomic E-state index is 0.681. The van der Waals surface area contributed by atoms with Crippen LogP contribution in [0.4, 0.5) is 0 Å². The average Bonchev–Trinajstić information content (AvgIpc) is 2.40. The Bertz CT molecular complexity index is 411. The van der Waals surface area contributed by atoms with E-state index >= 15 is 0 Å². The maximum Gasteiger partial charge on any atom is 0.313 e. The molecule has 0 heterocycles. The molecule has 0 bridgehead atoms. The van der Waals surface area contributed by atoms with Crippen LogP contribution in [0.15, 0.2) is 24.3 Å². The summed E-state index contributed by atoms with van der Waals surface area (Å²) >= 11 is 0. The van der Waals surface area contributed by atoms with E-state index in [4.69, 9.17) is 0 Å². The number of carbonyl (C=O) groups is 1. The molecule has 1 fully saturated rings. The van der Waals surface area contributed by atoms with E-state index in [1.165, 1.54) is 37.7 Å². The lowest BCUT2D eigenvalue weighted by Gasteiger charge is -2.24. The normalized spacial score (nSPS) is 17.7. The highest BCUT2D eigenvalue weighted by atomic mass is 16.4. The van der Waals surface area contributed by atoms with Crippen molar-refractivity contribution in [3.05, 3.63) is 35.4 Å². The van der Waals surface area contributed by atoms with Crippen LogP contribution in [0.3, 0.4) is 0 Å². The van der Waals surface area contributed by atoms with Gasteiger partial charge < -0.3 is 5.11 Å². The summed E-state index contributed by atoms with van der Waals surface area (Å²) in [4.78, 5) is 11.2. The van der Waals surface area contributed by atoms with Gasteiger partial charge in [-0.25, -0.2) is 0 Å². The van der Waals surface area contributed by atoms with E-state index in [0.717, 1.165) is 5.56 Å². The maximum absolute atomic E-state index is 11.2. The fourth-order valence-electron chi connectivity index (χ4n) is 2.73. The van der Waals surface area contributed by atoms with Crippen LogP contribution in [0.25, 0.3) is 0 Å². The first-order valence-electron chi connectivity index (χ1n) is 6.85. The molecule has 1 saturated carbocycles. The zero-order valence-electron chi connectivity index (χ0n) is 11.3. The van der Waals surface area contributed by atoms with Gasteiger partial charge in [0.15, 0.2) is 0 Å². The molecule has 0 radical (unpaired) electrons. The molecule has 0 saturated heterocycles. The predicted octanol–water partition coefficient (Wildman–Crippen LogP) is 4.10. The molecule has 2 heteroatoms. The van der Waals surface area contributed by atoms with Gasteiger partial charge in [-0.3, -0.25) is 4.79 Å². The molecule has 0 aliphatic heterocycles. The lowest BCUT2D eigenvalue weighted by atomic mass is 9.81. The predicted molar refractivity (Wildman–Crippen MR) is 72.9 cm³/mol. The summed E-state index contributed by atoms with van der Waals surface area (Å²) in [5.41, 5.74) is 1.46. The number of carboxylic acid groups (broad SMARTS) is 1. The van der Waals surface area contributed by atoms with Crippen LogP contribution < -0.4 is 0 Å². The summed E-state index contributed by atoms with van der Waals surface area (Å²) in [6.07, 6.45) is 6.57. The van der Waals surface area contributed by atoms with Gasteiger partial charge in [-0.05, 0) is 43.7 Å². The maximum atomic E-state index is 11.2. The van der Waals surface area contributed by atoms with Gasteiger partial charge in [-0.2, -0.15) is 0 Å². The van der Waals surface area contributed by atoms with Crippen LogP contribution >= 0.6 is 0 Å². The van der Waals surface area contributed by atoms with Crippen molar-refractivity contribution < 1.29 is 9.90 Å². The molecule has 2 nitrogen and oxygen atoms in total. The van der Waals surface area contributed by atoms with E-state index in [2.05, 4.69) is 12.1 Å². The van der Waals surface area contributed by atoms with Gasteiger partial charge in [0.1, 0.15) is 0 Å². The van der Waals surface area contributed by atoms with Crippen molar-refractivity contribution >= 4 is 5.97 Å². The zero-order chi connectivity index (χ0) is 13.2. The Balaban J connectivity index is 2.17. The molecule has 1 N–H and O–H groups in total. The molecule has 98 valence electrons. The van der Waals surface area contributed by atoms with Crippen LogP contribution in [-0.2, 0) is 10.2 Å². The molecular formula is C16H22O2. The first-order chi connectivity index (χ1) is 8.51. The fraction of sp³-hybridized carbons (Fsp3) is 0.562. The Morgan fingerprint density at radius 1 is 1.11 bits per heavy atom. The van der Waals surface area contributed by atoms with Gasteiger partial charge in [0.25, 0.3) is 0 Å². The first-order valence-corrected chi connectivity index (χ1v) is 6.85. The third kappa shape index (κ3) is 2.58. The van der Waals surface area contributed by atoms with Gasteiger partial charge in [0.2, 0.25) is 0 Å². The topological polar surface area (TPSA) is 37.3 Å². The lowest BCUT2D eigenvalue weighted by Crippen LogP contribution is -2.28. The second kappa shape index (κ2) is 5.13. The van der Waals surface area contributed by atoms with Crippen LogP contribution in [-0.4, -0.2) is 11.1 Å². The SMILES string of the molecule is CC(C)(C(=O)O)c1ccc(C2CCCCC2)cc1. The van der Waals surface area contributed by atoms with E-state index in [1.807, 2.05) is 12.1 Å². The molecule has 0 atom stereocenters. The van der Waals surface area contributed by atoms with Gasteiger partial charge >= 0.3 is 5.97 Å². The third-order valence-electron chi connectivity index (χ3n) is 4.24.